The highest BCUT2D eigenvalue weighted by molar-refractivity contribution is 7.47. The van der Waals surface area contributed by atoms with E-state index in [9.17, 15) is 14.3 Å². The first-order valence-corrected chi connectivity index (χ1v) is 23.5. The Kier molecular flexibility index (Phi) is 37.8. The molecule has 0 aromatic rings. The summed E-state index contributed by atoms with van der Waals surface area (Å²) in [7, 11) is 1.62. The Morgan fingerprint density at radius 1 is 0.582 bits per heavy atom. The molecular weight excluding hydrogens is 709 g/mol. The van der Waals surface area contributed by atoms with Crippen LogP contribution in [0.2, 0.25) is 0 Å². The van der Waals surface area contributed by atoms with Gasteiger partial charge in [0.05, 0.1) is 41.0 Å². The van der Waals surface area contributed by atoms with Gasteiger partial charge in [0, 0.05) is 6.42 Å². The molecule has 0 amide bonds. The number of rotatable bonds is 40. The van der Waals surface area contributed by atoms with Gasteiger partial charge >= 0.3 is 13.8 Å². The molecule has 320 valence electrons. The van der Waals surface area contributed by atoms with Crippen LogP contribution < -0.4 is 0 Å². The monoisotopic (exact) mass is 795 g/mol. The van der Waals surface area contributed by atoms with Crippen LogP contribution in [0.3, 0.4) is 0 Å². The number of ether oxygens (including phenoxy) is 2. The summed E-state index contributed by atoms with van der Waals surface area (Å²) in [6.45, 7) is 5.28. The lowest BCUT2D eigenvalue weighted by Gasteiger charge is -2.24. The van der Waals surface area contributed by atoms with Crippen molar-refractivity contribution in [3.8, 4) is 0 Å². The number of quaternary nitrogens is 1. The van der Waals surface area contributed by atoms with E-state index in [0.29, 0.717) is 30.5 Å². The highest BCUT2D eigenvalue weighted by Gasteiger charge is 2.26. The second-order valence-electron chi connectivity index (χ2n) is 15.7. The van der Waals surface area contributed by atoms with E-state index in [1.54, 1.807) is 0 Å². The van der Waals surface area contributed by atoms with Gasteiger partial charge in [-0.1, -0.05) is 177 Å². The van der Waals surface area contributed by atoms with Crippen molar-refractivity contribution in [2.45, 2.75) is 174 Å². The van der Waals surface area contributed by atoms with Crippen molar-refractivity contribution in [2.24, 2.45) is 0 Å². The van der Waals surface area contributed by atoms with Crippen LogP contribution in [0.25, 0.3) is 0 Å². The zero-order valence-corrected chi connectivity index (χ0v) is 37.0. The second-order valence-corrected chi connectivity index (χ2v) is 17.2. The fraction of sp³-hybridized carbons (Fsp3) is 0.761. The van der Waals surface area contributed by atoms with Gasteiger partial charge in [0.1, 0.15) is 19.3 Å². The highest BCUT2D eigenvalue weighted by atomic mass is 31.2. The minimum absolute atomic E-state index is 0.0742. The second kappa shape index (κ2) is 39.0. The number of allylic oxidation sites excluding steroid dienone is 9. The molecule has 0 saturated carbocycles. The molecule has 0 aliphatic carbocycles. The van der Waals surface area contributed by atoms with Gasteiger partial charge in [-0.25, -0.2) is 4.57 Å². The molecule has 0 aliphatic heterocycles. The molecule has 0 rings (SSSR count). The lowest BCUT2D eigenvalue weighted by Crippen LogP contribution is -2.37. The van der Waals surface area contributed by atoms with Crippen LogP contribution in [0.1, 0.15) is 168 Å². The van der Waals surface area contributed by atoms with Gasteiger partial charge in [-0.05, 0) is 44.9 Å². The predicted octanol–water partition coefficient (Wildman–Crippen LogP) is 12.9. The molecule has 1 N–H and O–H groups in total. The van der Waals surface area contributed by atoms with Crippen molar-refractivity contribution >= 4 is 13.8 Å². The number of nitrogens with zero attached hydrogens (tertiary/aromatic N) is 1. The quantitative estimate of drug-likeness (QED) is 0.0217. The number of likely N-dealkylation sites (N-methyl/N-ethyl adjacent to an activating group) is 1. The largest absolute Gasteiger partial charge is 0.472 e. The number of esters is 1. The van der Waals surface area contributed by atoms with Crippen LogP contribution in [-0.4, -0.2) is 75.6 Å². The first kappa shape index (κ1) is 53.2. The zero-order valence-electron chi connectivity index (χ0n) is 36.1. The highest BCUT2D eigenvalue weighted by Crippen LogP contribution is 2.43. The Hall–Kier alpha value is -1.80. The standard InChI is InChI=1S/C46H84NO7P/c1-6-8-10-12-14-16-18-20-22-24-25-27-29-31-33-35-37-39-46(48)54-45(44-53-55(49,50)52-42-40-47(3,4)5)43-51-41-38-36-34-32-30-28-26-23-21-19-17-15-13-11-9-7-2/h9,11,15,17,21,23,28,30,34,36,45H,6-8,10,12-14,16,18-20,22,24-27,29,31-33,35,37-44H2,1-5H3/p+1/b11-9-,17-15-,23-21-,30-28-,36-34-. The van der Waals surface area contributed by atoms with Crippen LogP contribution >= 0.6 is 7.82 Å². The molecule has 0 fully saturated rings. The first-order chi connectivity index (χ1) is 26.6. The average molecular weight is 795 g/mol. The number of phosphoric acid groups is 1. The van der Waals surface area contributed by atoms with Crippen molar-refractivity contribution in [2.75, 3.05) is 54.1 Å². The summed E-state index contributed by atoms with van der Waals surface area (Å²) in [5.74, 6) is -0.338. The molecule has 9 heteroatoms. The predicted molar refractivity (Wildman–Crippen MR) is 233 cm³/mol. The summed E-state index contributed by atoms with van der Waals surface area (Å²) in [4.78, 5) is 22.9. The van der Waals surface area contributed by atoms with Crippen LogP contribution in [0, 0.1) is 0 Å². The van der Waals surface area contributed by atoms with Crippen molar-refractivity contribution in [1.29, 1.82) is 0 Å². The van der Waals surface area contributed by atoms with Crippen LogP contribution in [0.5, 0.6) is 0 Å². The van der Waals surface area contributed by atoms with E-state index < -0.39 is 13.9 Å². The summed E-state index contributed by atoms with van der Waals surface area (Å²) in [5, 5.41) is 0. The summed E-state index contributed by atoms with van der Waals surface area (Å²) in [5.41, 5.74) is 0. The Bertz CT molecular complexity index is 1060. The maximum absolute atomic E-state index is 12.7. The van der Waals surface area contributed by atoms with E-state index in [0.717, 1.165) is 51.4 Å². The third kappa shape index (κ3) is 43.2. The third-order valence-electron chi connectivity index (χ3n) is 9.11. The number of carbonyl (C=O) groups excluding carboxylic acids is 1. The summed E-state index contributed by atoms with van der Waals surface area (Å²) >= 11 is 0. The molecule has 0 aliphatic rings. The molecule has 0 radical (unpaired) electrons. The SMILES string of the molecule is CC/C=C\C/C=C\C/C=C\C/C=C\C/C=C\CCOCC(COP(=O)(O)OCC[N+](C)(C)C)OC(=O)CCCCCCCCCCCCCCCCCCC. The number of phosphoric ester groups is 1. The maximum atomic E-state index is 12.7. The van der Waals surface area contributed by atoms with Crippen molar-refractivity contribution in [1.82, 2.24) is 0 Å². The summed E-state index contributed by atoms with van der Waals surface area (Å²) < 4.78 is 34.9. The number of hydrogen-bond donors (Lipinski definition) is 1. The molecule has 0 saturated heterocycles. The minimum Gasteiger partial charge on any atom is -0.457 e. The third-order valence-corrected chi connectivity index (χ3v) is 10.1. The molecule has 0 heterocycles. The lowest BCUT2D eigenvalue weighted by molar-refractivity contribution is -0.870. The topological polar surface area (TPSA) is 91.3 Å². The van der Waals surface area contributed by atoms with E-state index >= 15 is 0 Å². The number of carbonyl (C=O) groups is 1. The summed E-state index contributed by atoms with van der Waals surface area (Å²) in [6.07, 6.45) is 48.5. The molecular formula is C46H85NO7P+. The van der Waals surface area contributed by atoms with Crippen molar-refractivity contribution < 1.29 is 37.3 Å². The molecule has 0 spiro atoms. The normalized spacial score (nSPS) is 14.4. The smallest absolute Gasteiger partial charge is 0.457 e. The minimum atomic E-state index is -4.29. The van der Waals surface area contributed by atoms with E-state index in [1.165, 1.54) is 89.9 Å². The first-order valence-electron chi connectivity index (χ1n) is 22.0. The summed E-state index contributed by atoms with van der Waals surface area (Å²) in [6, 6.07) is 0. The Morgan fingerprint density at radius 3 is 1.47 bits per heavy atom. The lowest BCUT2D eigenvalue weighted by atomic mass is 10.0. The van der Waals surface area contributed by atoms with Crippen LogP contribution in [0.4, 0.5) is 0 Å². The van der Waals surface area contributed by atoms with E-state index in [1.807, 2.05) is 21.1 Å². The Morgan fingerprint density at radius 2 is 1.02 bits per heavy atom. The fourth-order valence-electron chi connectivity index (χ4n) is 5.73. The molecule has 0 aromatic carbocycles. The zero-order chi connectivity index (χ0) is 40.6. The van der Waals surface area contributed by atoms with Gasteiger partial charge in [-0.2, -0.15) is 0 Å². The van der Waals surface area contributed by atoms with E-state index in [4.69, 9.17) is 18.5 Å². The van der Waals surface area contributed by atoms with Crippen LogP contribution in [-0.2, 0) is 27.9 Å². The average Bonchev–Trinajstić information content (AvgIpc) is 3.13. The van der Waals surface area contributed by atoms with Gasteiger partial charge in [0.2, 0.25) is 0 Å². The maximum Gasteiger partial charge on any atom is 0.472 e. The van der Waals surface area contributed by atoms with Crippen molar-refractivity contribution in [3.05, 3.63) is 60.8 Å². The van der Waals surface area contributed by atoms with Gasteiger partial charge < -0.3 is 18.9 Å². The van der Waals surface area contributed by atoms with E-state index in [2.05, 4.69) is 74.6 Å². The molecule has 55 heavy (non-hydrogen) atoms. The molecule has 0 aromatic heterocycles. The molecule has 8 nitrogen and oxygen atoms in total. The fourth-order valence-corrected chi connectivity index (χ4v) is 6.48. The Labute approximate surface area is 339 Å². The molecule has 2 unspecified atom stereocenters. The van der Waals surface area contributed by atoms with Gasteiger partial charge in [0.15, 0.2) is 0 Å². The number of unbranched alkanes of at least 4 members (excludes halogenated alkanes) is 16. The Balaban J connectivity index is 4.33. The van der Waals surface area contributed by atoms with E-state index in [-0.39, 0.29) is 25.8 Å². The van der Waals surface area contributed by atoms with Gasteiger partial charge in [-0.15, -0.1) is 0 Å². The number of hydrogen-bond acceptors (Lipinski definition) is 6. The molecule has 0 bridgehead atoms. The van der Waals surface area contributed by atoms with Gasteiger partial charge in [0.25, 0.3) is 0 Å². The molecule has 2 atom stereocenters. The van der Waals surface area contributed by atoms with Gasteiger partial charge in [-0.3, -0.25) is 13.8 Å². The van der Waals surface area contributed by atoms with Crippen LogP contribution in [0.15, 0.2) is 60.8 Å². The van der Waals surface area contributed by atoms with Crippen molar-refractivity contribution in [3.63, 3.8) is 0 Å².